The standard InChI is InChI=1S/C16H29NO2/c1-17-15(14-5-9-18-12-14)13-6-10-19-16(11-13)7-3-2-4-8-16/h13-15,17H,2-12H2,1H3. The number of nitrogens with one attached hydrogen (secondary N) is 1. The molecule has 3 rings (SSSR count). The molecule has 3 unspecified atom stereocenters. The highest BCUT2D eigenvalue weighted by Crippen LogP contribution is 2.42. The van der Waals surface area contributed by atoms with E-state index in [2.05, 4.69) is 12.4 Å². The number of hydrogen-bond acceptors (Lipinski definition) is 3. The Balaban J connectivity index is 1.65. The van der Waals surface area contributed by atoms with Crippen molar-refractivity contribution in [2.24, 2.45) is 11.8 Å². The molecule has 2 saturated heterocycles. The Labute approximate surface area is 117 Å². The molecular weight excluding hydrogens is 238 g/mol. The molecule has 0 bridgehead atoms. The largest absolute Gasteiger partial charge is 0.381 e. The summed E-state index contributed by atoms with van der Waals surface area (Å²) in [5, 5.41) is 3.60. The van der Waals surface area contributed by atoms with E-state index in [0.29, 0.717) is 12.0 Å². The van der Waals surface area contributed by atoms with Crippen molar-refractivity contribution in [3.63, 3.8) is 0 Å². The molecule has 1 saturated carbocycles. The fourth-order valence-electron chi connectivity index (χ4n) is 4.61. The van der Waals surface area contributed by atoms with Crippen molar-refractivity contribution in [1.82, 2.24) is 5.32 Å². The zero-order chi connectivity index (χ0) is 13.1. The summed E-state index contributed by atoms with van der Waals surface area (Å²) in [5.41, 5.74) is 0.232. The highest BCUT2D eigenvalue weighted by molar-refractivity contribution is 4.95. The summed E-state index contributed by atoms with van der Waals surface area (Å²) < 4.78 is 11.8. The molecule has 3 atom stereocenters. The zero-order valence-corrected chi connectivity index (χ0v) is 12.3. The first-order valence-corrected chi connectivity index (χ1v) is 8.22. The molecule has 3 heteroatoms. The molecule has 2 heterocycles. The summed E-state index contributed by atoms with van der Waals surface area (Å²) in [5.74, 6) is 1.50. The molecule has 1 aliphatic carbocycles. The van der Waals surface area contributed by atoms with E-state index in [-0.39, 0.29) is 5.60 Å². The van der Waals surface area contributed by atoms with Crippen LogP contribution in [-0.2, 0) is 9.47 Å². The molecule has 1 N–H and O–H groups in total. The highest BCUT2D eigenvalue weighted by Gasteiger charge is 2.42. The van der Waals surface area contributed by atoms with Crippen molar-refractivity contribution in [1.29, 1.82) is 0 Å². The van der Waals surface area contributed by atoms with Gasteiger partial charge < -0.3 is 14.8 Å². The summed E-state index contributed by atoms with van der Waals surface area (Å²) in [6.45, 7) is 2.88. The number of ether oxygens (including phenoxy) is 2. The fraction of sp³-hybridized carbons (Fsp3) is 1.00. The van der Waals surface area contributed by atoms with Crippen LogP contribution < -0.4 is 5.32 Å². The molecule has 0 aromatic rings. The van der Waals surface area contributed by atoms with E-state index in [1.807, 2.05) is 0 Å². The average Bonchev–Trinajstić information content (AvgIpc) is 2.95. The normalized spacial score (nSPS) is 36.5. The summed E-state index contributed by atoms with van der Waals surface area (Å²) >= 11 is 0. The van der Waals surface area contributed by atoms with Gasteiger partial charge in [0.25, 0.3) is 0 Å². The van der Waals surface area contributed by atoms with E-state index < -0.39 is 0 Å². The average molecular weight is 267 g/mol. The van der Waals surface area contributed by atoms with Crippen LogP contribution in [0.15, 0.2) is 0 Å². The lowest BCUT2D eigenvalue weighted by molar-refractivity contribution is -0.124. The van der Waals surface area contributed by atoms with Gasteiger partial charge in [-0.05, 0) is 45.1 Å². The van der Waals surface area contributed by atoms with Crippen LogP contribution in [0.25, 0.3) is 0 Å². The van der Waals surface area contributed by atoms with Crippen LogP contribution in [0.3, 0.4) is 0 Å². The zero-order valence-electron chi connectivity index (χ0n) is 12.3. The van der Waals surface area contributed by atoms with E-state index >= 15 is 0 Å². The van der Waals surface area contributed by atoms with Gasteiger partial charge >= 0.3 is 0 Å². The maximum atomic E-state index is 6.23. The van der Waals surface area contributed by atoms with E-state index in [0.717, 1.165) is 25.7 Å². The van der Waals surface area contributed by atoms with Crippen molar-refractivity contribution in [3.8, 4) is 0 Å². The minimum absolute atomic E-state index is 0.232. The highest BCUT2D eigenvalue weighted by atomic mass is 16.5. The molecule has 19 heavy (non-hydrogen) atoms. The lowest BCUT2D eigenvalue weighted by Crippen LogP contribution is -2.49. The van der Waals surface area contributed by atoms with Gasteiger partial charge in [-0.1, -0.05) is 19.3 Å². The second kappa shape index (κ2) is 6.11. The Morgan fingerprint density at radius 2 is 1.84 bits per heavy atom. The van der Waals surface area contributed by atoms with Crippen LogP contribution in [0.4, 0.5) is 0 Å². The minimum Gasteiger partial charge on any atom is -0.381 e. The van der Waals surface area contributed by atoms with E-state index in [9.17, 15) is 0 Å². The van der Waals surface area contributed by atoms with Crippen molar-refractivity contribution >= 4 is 0 Å². The predicted molar refractivity (Wildman–Crippen MR) is 76.3 cm³/mol. The first kappa shape index (κ1) is 13.8. The van der Waals surface area contributed by atoms with Crippen molar-refractivity contribution in [2.75, 3.05) is 26.9 Å². The molecule has 110 valence electrons. The maximum absolute atomic E-state index is 6.23. The van der Waals surface area contributed by atoms with Crippen molar-refractivity contribution in [2.45, 2.75) is 63.0 Å². The lowest BCUT2D eigenvalue weighted by atomic mass is 9.72. The number of rotatable bonds is 3. The van der Waals surface area contributed by atoms with Crippen LogP contribution in [0.5, 0.6) is 0 Å². The van der Waals surface area contributed by atoms with Crippen molar-refractivity contribution < 1.29 is 9.47 Å². The molecule has 0 amide bonds. The summed E-state index contributed by atoms with van der Waals surface area (Å²) in [6.07, 6.45) is 10.4. The van der Waals surface area contributed by atoms with Gasteiger partial charge in [0, 0.05) is 25.2 Å². The second-order valence-corrected chi connectivity index (χ2v) is 6.78. The van der Waals surface area contributed by atoms with E-state index in [1.165, 1.54) is 51.4 Å². The molecule has 0 aromatic heterocycles. The fourth-order valence-corrected chi connectivity index (χ4v) is 4.61. The van der Waals surface area contributed by atoms with Gasteiger partial charge in [0.2, 0.25) is 0 Å². The third-order valence-corrected chi connectivity index (χ3v) is 5.61. The van der Waals surface area contributed by atoms with Gasteiger partial charge in [-0.2, -0.15) is 0 Å². The van der Waals surface area contributed by atoms with Gasteiger partial charge in [-0.25, -0.2) is 0 Å². The van der Waals surface area contributed by atoms with Crippen LogP contribution in [0, 0.1) is 11.8 Å². The van der Waals surface area contributed by atoms with Crippen LogP contribution in [0.1, 0.15) is 51.4 Å². The Morgan fingerprint density at radius 3 is 2.53 bits per heavy atom. The van der Waals surface area contributed by atoms with Gasteiger partial charge in [0.1, 0.15) is 0 Å². The SMILES string of the molecule is CNC(C1CCOC1)C1CCOC2(CCCCC2)C1. The molecule has 0 radical (unpaired) electrons. The maximum Gasteiger partial charge on any atom is 0.0685 e. The van der Waals surface area contributed by atoms with Gasteiger partial charge in [-0.15, -0.1) is 0 Å². The smallest absolute Gasteiger partial charge is 0.0685 e. The molecule has 3 aliphatic rings. The van der Waals surface area contributed by atoms with Crippen LogP contribution in [0.2, 0.25) is 0 Å². The quantitative estimate of drug-likeness (QED) is 0.853. The monoisotopic (exact) mass is 267 g/mol. The van der Waals surface area contributed by atoms with Crippen molar-refractivity contribution in [3.05, 3.63) is 0 Å². The molecular formula is C16H29NO2. The molecule has 0 aromatic carbocycles. The lowest BCUT2D eigenvalue weighted by Gasteiger charge is -2.46. The minimum atomic E-state index is 0.232. The van der Waals surface area contributed by atoms with Crippen LogP contribution >= 0.6 is 0 Å². The Kier molecular flexibility index (Phi) is 4.45. The number of hydrogen-bond donors (Lipinski definition) is 1. The van der Waals surface area contributed by atoms with Gasteiger partial charge in [0.05, 0.1) is 12.2 Å². The molecule has 3 fully saturated rings. The first-order valence-electron chi connectivity index (χ1n) is 8.22. The summed E-state index contributed by atoms with van der Waals surface area (Å²) in [7, 11) is 2.13. The van der Waals surface area contributed by atoms with Gasteiger partial charge in [-0.3, -0.25) is 0 Å². The Hall–Kier alpha value is -0.120. The third kappa shape index (κ3) is 2.98. The topological polar surface area (TPSA) is 30.5 Å². The molecule has 1 spiro atoms. The van der Waals surface area contributed by atoms with Crippen LogP contribution in [-0.4, -0.2) is 38.5 Å². The Morgan fingerprint density at radius 1 is 1.05 bits per heavy atom. The third-order valence-electron chi connectivity index (χ3n) is 5.61. The first-order chi connectivity index (χ1) is 9.33. The molecule has 2 aliphatic heterocycles. The van der Waals surface area contributed by atoms with E-state index in [1.54, 1.807) is 0 Å². The summed E-state index contributed by atoms with van der Waals surface area (Å²) in [4.78, 5) is 0. The molecule has 3 nitrogen and oxygen atoms in total. The van der Waals surface area contributed by atoms with Gasteiger partial charge in [0.15, 0.2) is 0 Å². The second-order valence-electron chi connectivity index (χ2n) is 6.78. The van der Waals surface area contributed by atoms with E-state index in [4.69, 9.17) is 9.47 Å². The Bertz CT molecular complexity index is 277. The predicted octanol–water partition coefficient (Wildman–Crippen LogP) is 2.74. The summed E-state index contributed by atoms with van der Waals surface area (Å²) in [6, 6.07) is 0.630.